The molecular weight excluding hydrogens is 518 g/mol. The molecule has 0 aliphatic carbocycles. The number of thiazole rings is 1. The molecule has 37 heavy (non-hydrogen) atoms. The zero-order valence-corrected chi connectivity index (χ0v) is 20.7. The second-order valence-corrected chi connectivity index (χ2v) is 9.55. The number of hydrogen-bond acceptors (Lipinski definition) is 11. The summed E-state index contributed by atoms with van der Waals surface area (Å²) in [6.07, 6.45) is 2.98. The van der Waals surface area contributed by atoms with E-state index in [9.17, 15) is 30.0 Å². The molecule has 3 heterocycles. The molecule has 186 valence electrons. The van der Waals surface area contributed by atoms with Gasteiger partial charge in [-0.15, -0.1) is 23.1 Å². The normalized spacial score (nSPS) is 19.1. The van der Waals surface area contributed by atoms with Crippen molar-refractivity contribution in [2.45, 2.75) is 11.4 Å². The summed E-state index contributed by atoms with van der Waals surface area (Å²) in [5.74, 6) is -2.46. The zero-order valence-electron chi connectivity index (χ0n) is 19.0. The fourth-order valence-corrected chi connectivity index (χ4v) is 5.66. The van der Waals surface area contributed by atoms with Crippen molar-refractivity contribution in [1.29, 1.82) is 10.5 Å². The quantitative estimate of drug-likeness (QED) is 0.264. The van der Waals surface area contributed by atoms with Gasteiger partial charge in [-0.2, -0.15) is 10.5 Å². The molecule has 2 aliphatic rings. The number of benzene rings is 1. The maximum Gasteiger partial charge on any atom is 0.352 e. The maximum atomic E-state index is 13.0. The number of nitrogens with two attached hydrogens (primary N) is 1. The van der Waals surface area contributed by atoms with Crippen molar-refractivity contribution in [3.05, 3.63) is 63.3 Å². The van der Waals surface area contributed by atoms with E-state index in [-0.39, 0.29) is 39.1 Å². The van der Waals surface area contributed by atoms with Crippen LogP contribution in [0.15, 0.2) is 46.1 Å². The fourth-order valence-electron chi connectivity index (χ4n) is 3.80. The third kappa shape index (κ3) is 4.75. The van der Waals surface area contributed by atoms with Crippen LogP contribution in [0.25, 0.3) is 6.08 Å². The summed E-state index contributed by atoms with van der Waals surface area (Å²) in [5.41, 5.74) is 6.58. The maximum absolute atomic E-state index is 13.0. The Morgan fingerprint density at radius 2 is 2.03 bits per heavy atom. The van der Waals surface area contributed by atoms with Crippen LogP contribution >= 0.6 is 23.1 Å². The number of aromatic nitrogens is 1. The van der Waals surface area contributed by atoms with Crippen molar-refractivity contribution >= 4 is 57.8 Å². The topological polar surface area (TPSA) is 195 Å². The lowest BCUT2D eigenvalue weighted by Gasteiger charge is -2.49. The van der Waals surface area contributed by atoms with Gasteiger partial charge in [-0.3, -0.25) is 14.5 Å². The van der Waals surface area contributed by atoms with Gasteiger partial charge in [0.05, 0.1) is 23.3 Å². The lowest BCUT2D eigenvalue weighted by atomic mass is 9.99. The van der Waals surface area contributed by atoms with Gasteiger partial charge in [-0.1, -0.05) is 23.4 Å². The second-order valence-electron chi connectivity index (χ2n) is 7.56. The fraction of sp³-hybridized carbons (Fsp3) is 0.174. The van der Waals surface area contributed by atoms with Crippen molar-refractivity contribution in [1.82, 2.24) is 15.2 Å². The van der Waals surface area contributed by atoms with E-state index in [1.54, 1.807) is 18.2 Å². The minimum Gasteiger partial charge on any atom is -0.477 e. The molecule has 2 amide bonds. The number of nitrogens with one attached hydrogen (secondary N) is 1. The van der Waals surface area contributed by atoms with Crippen LogP contribution in [0.5, 0.6) is 0 Å². The number of carbonyl (C=O) groups excluding carboxylic acids is 2. The molecule has 0 bridgehead atoms. The molecular formula is C23H17N7O5S2. The number of oxime groups is 1. The van der Waals surface area contributed by atoms with E-state index in [1.807, 2.05) is 12.1 Å². The van der Waals surface area contributed by atoms with Crippen LogP contribution in [0.2, 0.25) is 0 Å². The first-order valence-electron chi connectivity index (χ1n) is 10.5. The Hall–Kier alpha value is -4.66. The number of β-lactam (4-membered cyclic amide) rings is 1. The van der Waals surface area contributed by atoms with Crippen molar-refractivity contribution in [3.8, 4) is 12.1 Å². The number of aliphatic carboxylic acids is 1. The van der Waals surface area contributed by atoms with Crippen molar-refractivity contribution < 1.29 is 24.3 Å². The van der Waals surface area contributed by atoms with E-state index in [2.05, 4.69) is 15.5 Å². The molecule has 2 unspecified atom stereocenters. The molecule has 2 atom stereocenters. The average Bonchev–Trinajstić information content (AvgIpc) is 3.33. The first-order valence-corrected chi connectivity index (χ1v) is 12.4. The number of nitriles is 2. The highest BCUT2D eigenvalue weighted by Crippen LogP contribution is 2.41. The summed E-state index contributed by atoms with van der Waals surface area (Å²) >= 11 is 2.36. The van der Waals surface area contributed by atoms with E-state index in [0.717, 1.165) is 16.2 Å². The number of carboxylic acids is 1. The molecule has 4 rings (SSSR count). The predicted octanol–water partition coefficient (Wildman–Crippen LogP) is 1.27. The van der Waals surface area contributed by atoms with Gasteiger partial charge < -0.3 is 21.0 Å². The smallest absolute Gasteiger partial charge is 0.352 e. The van der Waals surface area contributed by atoms with E-state index in [1.165, 1.54) is 36.4 Å². The number of nitrogens with zero attached hydrogens (tertiary/aromatic N) is 5. The molecule has 0 saturated carbocycles. The third-order valence-corrected chi connectivity index (χ3v) is 7.42. The Morgan fingerprint density at radius 1 is 1.32 bits per heavy atom. The Bertz CT molecular complexity index is 1450. The summed E-state index contributed by atoms with van der Waals surface area (Å²) in [5, 5.41) is 36.0. The summed E-state index contributed by atoms with van der Waals surface area (Å²) < 4.78 is 0. The Balaban J connectivity index is 1.59. The van der Waals surface area contributed by atoms with Crippen molar-refractivity contribution in [2.75, 3.05) is 18.6 Å². The molecule has 0 radical (unpaired) electrons. The molecule has 2 aliphatic heterocycles. The predicted molar refractivity (Wildman–Crippen MR) is 135 cm³/mol. The monoisotopic (exact) mass is 535 g/mol. The minimum absolute atomic E-state index is 0.176. The number of fused-ring (bicyclic) bond motifs is 1. The summed E-state index contributed by atoms with van der Waals surface area (Å²) in [6.45, 7) is 0. The first-order chi connectivity index (χ1) is 17.8. The number of carboxylic acid groups (broad SMARTS) is 1. The first kappa shape index (κ1) is 25.4. The van der Waals surface area contributed by atoms with Gasteiger partial charge in [-0.25, -0.2) is 9.78 Å². The number of rotatable bonds is 7. The minimum atomic E-state index is -1.32. The lowest BCUT2D eigenvalue weighted by molar-refractivity contribution is -0.150. The van der Waals surface area contributed by atoms with Crippen LogP contribution in [-0.4, -0.2) is 62.8 Å². The van der Waals surface area contributed by atoms with Gasteiger partial charge in [0, 0.05) is 16.7 Å². The summed E-state index contributed by atoms with van der Waals surface area (Å²) in [6, 6.07) is 7.69. The number of hydrogen-bond donors (Lipinski definition) is 3. The molecule has 4 N–H and O–H groups in total. The highest BCUT2D eigenvalue weighted by atomic mass is 32.2. The highest BCUT2D eigenvalue weighted by Gasteiger charge is 2.54. The second kappa shape index (κ2) is 10.5. The summed E-state index contributed by atoms with van der Waals surface area (Å²) in [7, 11) is 1.25. The van der Waals surface area contributed by atoms with Crippen molar-refractivity contribution in [3.63, 3.8) is 0 Å². The zero-order chi connectivity index (χ0) is 26.7. The van der Waals surface area contributed by atoms with Crippen LogP contribution in [-0.2, 0) is 19.2 Å². The molecule has 0 spiro atoms. The third-order valence-electron chi connectivity index (χ3n) is 5.45. The standard InChI is InChI=1S/C23H17N7O5S2/c1-35-29-16(15-10-37-23(26)27-15)19(31)28-17-20(32)30-18(22(33)34)13(9-36-21(17)30)5-6-14-11(7-24)3-2-4-12(14)8-25/h2-6,10,17,21H,9H2,1H3,(H2,26,27)(H,28,31)(H,33,34)/b6-5+,29-16+. The van der Waals surface area contributed by atoms with E-state index < -0.39 is 29.2 Å². The van der Waals surface area contributed by atoms with Crippen LogP contribution in [0.3, 0.4) is 0 Å². The number of anilines is 1. The van der Waals surface area contributed by atoms with Crippen molar-refractivity contribution in [2.24, 2.45) is 5.16 Å². The van der Waals surface area contributed by atoms with E-state index in [4.69, 9.17) is 10.6 Å². The number of allylic oxidation sites excluding steroid dienone is 1. The van der Waals surface area contributed by atoms with Gasteiger partial charge in [0.1, 0.15) is 29.9 Å². The van der Waals surface area contributed by atoms with Gasteiger partial charge in [0.2, 0.25) is 0 Å². The Morgan fingerprint density at radius 3 is 2.59 bits per heavy atom. The lowest BCUT2D eigenvalue weighted by Crippen LogP contribution is -2.71. The van der Waals surface area contributed by atoms with Gasteiger partial charge >= 0.3 is 5.97 Å². The Labute approximate surface area is 218 Å². The van der Waals surface area contributed by atoms with E-state index >= 15 is 0 Å². The highest BCUT2D eigenvalue weighted by molar-refractivity contribution is 8.00. The van der Waals surface area contributed by atoms with Crippen LogP contribution in [0, 0.1) is 22.7 Å². The molecule has 12 nitrogen and oxygen atoms in total. The number of nitrogen functional groups attached to an aromatic ring is 1. The van der Waals surface area contributed by atoms with Gasteiger partial charge in [-0.05, 0) is 17.7 Å². The number of carbonyl (C=O) groups is 3. The largest absolute Gasteiger partial charge is 0.477 e. The van der Waals surface area contributed by atoms with Gasteiger partial charge in [0.15, 0.2) is 10.8 Å². The molecule has 1 saturated heterocycles. The Kier molecular flexibility index (Phi) is 7.24. The average molecular weight is 536 g/mol. The van der Waals surface area contributed by atoms with E-state index in [0.29, 0.717) is 11.1 Å². The number of thioether (sulfide) groups is 1. The molecule has 1 fully saturated rings. The number of amides is 2. The molecule has 1 aromatic heterocycles. The van der Waals surface area contributed by atoms with Crippen LogP contribution < -0.4 is 11.1 Å². The van der Waals surface area contributed by atoms with Gasteiger partial charge in [0.25, 0.3) is 11.8 Å². The molecule has 2 aromatic rings. The molecule has 14 heteroatoms. The van der Waals surface area contributed by atoms with Crippen LogP contribution in [0.4, 0.5) is 5.13 Å². The molecule has 1 aromatic carbocycles. The summed E-state index contributed by atoms with van der Waals surface area (Å²) in [4.78, 5) is 47.8. The van der Waals surface area contributed by atoms with Crippen LogP contribution in [0.1, 0.15) is 22.4 Å². The SMILES string of the molecule is CO/N=C(/C(=O)NC1C(=O)N2C(C(=O)O)=C(/C=C/c3c(C#N)cccc3C#N)CSC12)c1csc(N)n1.